The molecule has 1 N–H and O–H groups in total. The number of benzene rings is 1. The summed E-state index contributed by atoms with van der Waals surface area (Å²) in [5.74, 6) is 0.00945. The van der Waals surface area contributed by atoms with Crippen molar-refractivity contribution in [2.75, 3.05) is 13.7 Å². The van der Waals surface area contributed by atoms with E-state index in [9.17, 15) is 9.18 Å². The molecule has 0 unspecified atom stereocenters. The number of hydrogen-bond donors (Lipinski definition) is 1. The summed E-state index contributed by atoms with van der Waals surface area (Å²) in [4.78, 5) is 26.0. The van der Waals surface area contributed by atoms with Gasteiger partial charge in [0, 0.05) is 23.4 Å². The van der Waals surface area contributed by atoms with Crippen molar-refractivity contribution in [2.45, 2.75) is 13.5 Å². The number of aromatic nitrogens is 2. The predicted octanol–water partition coefficient (Wildman–Crippen LogP) is 3.55. The lowest BCUT2D eigenvalue weighted by Crippen LogP contribution is -2.24. The number of hydroxylamine groups is 1. The first-order chi connectivity index (χ1) is 14.1. The van der Waals surface area contributed by atoms with E-state index >= 15 is 0 Å². The van der Waals surface area contributed by atoms with Crippen molar-refractivity contribution < 1.29 is 23.5 Å². The first-order valence-electron chi connectivity index (χ1n) is 8.91. The Morgan fingerprint density at radius 2 is 2.03 bits per heavy atom. The normalized spacial score (nSPS) is 10.4. The lowest BCUT2D eigenvalue weighted by atomic mass is 10.2. The highest BCUT2D eigenvalue weighted by Gasteiger charge is 2.11. The number of rotatable bonds is 8. The minimum Gasteiger partial charge on any atom is -0.497 e. The van der Waals surface area contributed by atoms with E-state index in [0.29, 0.717) is 23.9 Å². The Morgan fingerprint density at radius 3 is 2.76 bits per heavy atom. The Balaban J connectivity index is 1.63. The molecular formula is C21H20FN3O4. The number of methoxy groups -OCH3 is 1. The number of ether oxygens (including phenoxy) is 2. The molecule has 29 heavy (non-hydrogen) atoms. The SMILES string of the molecule is CCOc1ccc(-c2cccc(C(=O)NOCc3cc(OC)ccc3F)n2)cn1. The molecule has 150 valence electrons. The summed E-state index contributed by atoms with van der Waals surface area (Å²) in [7, 11) is 1.48. The topological polar surface area (TPSA) is 82.6 Å². The van der Waals surface area contributed by atoms with Gasteiger partial charge in [-0.1, -0.05) is 6.07 Å². The third-order valence-electron chi connectivity index (χ3n) is 3.95. The van der Waals surface area contributed by atoms with Crippen molar-refractivity contribution in [3.8, 4) is 22.9 Å². The van der Waals surface area contributed by atoms with Gasteiger partial charge >= 0.3 is 0 Å². The second kappa shape index (κ2) is 9.61. The van der Waals surface area contributed by atoms with E-state index in [-0.39, 0.29) is 17.9 Å². The molecule has 0 fully saturated rings. The highest BCUT2D eigenvalue weighted by molar-refractivity contribution is 5.92. The number of carbonyl (C=O) groups excluding carboxylic acids is 1. The zero-order chi connectivity index (χ0) is 20.6. The van der Waals surface area contributed by atoms with Crippen LogP contribution in [-0.4, -0.2) is 29.6 Å². The van der Waals surface area contributed by atoms with Crippen molar-refractivity contribution >= 4 is 5.91 Å². The summed E-state index contributed by atoms with van der Waals surface area (Å²) in [6.45, 7) is 2.25. The molecule has 7 nitrogen and oxygen atoms in total. The number of nitrogens with one attached hydrogen (secondary N) is 1. The molecule has 0 bridgehead atoms. The van der Waals surface area contributed by atoms with Crippen LogP contribution in [0.3, 0.4) is 0 Å². The molecule has 0 saturated heterocycles. The minimum atomic E-state index is -0.547. The highest BCUT2D eigenvalue weighted by Crippen LogP contribution is 2.19. The van der Waals surface area contributed by atoms with Gasteiger partial charge in [0.1, 0.15) is 23.9 Å². The molecule has 8 heteroatoms. The first kappa shape index (κ1) is 20.2. The molecule has 0 aliphatic rings. The largest absolute Gasteiger partial charge is 0.497 e. The lowest BCUT2D eigenvalue weighted by Gasteiger charge is -2.09. The maximum absolute atomic E-state index is 13.8. The van der Waals surface area contributed by atoms with E-state index in [4.69, 9.17) is 14.3 Å². The van der Waals surface area contributed by atoms with Gasteiger partial charge in [0.15, 0.2) is 0 Å². The van der Waals surface area contributed by atoms with Crippen LogP contribution in [0.5, 0.6) is 11.6 Å². The van der Waals surface area contributed by atoms with E-state index < -0.39 is 11.7 Å². The van der Waals surface area contributed by atoms with Gasteiger partial charge in [-0.05, 0) is 43.3 Å². The fourth-order valence-corrected chi connectivity index (χ4v) is 2.51. The zero-order valence-corrected chi connectivity index (χ0v) is 16.0. The third kappa shape index (κ3) is 5.26. The minimum absolute atomic E-state index is 0.155. The average molecular weight is 397 g/mol. The van der Waals surface area contributed by atoms with Gasteiger partial charge in [-0.25, -0.2) is 19.8 Å². The summed E-state index contributed by atoms with van der Waals surface area (Å²) in [5, 5.41) is 0. The number of nitrogens with zero attached hydrogens (tertiary/aromatic N) is 2. The molecule has 0 radical (unpaired) electrons. The van der Waals surface area contributed by atoms with Crippen LogP contribution < -0.4 is 15.0 Å². The molecule has 3 rings (SSSR count). The predicted molar refractivity (Wildman–Crippen MR) is 104 cm³/mol. The van der Waals surface area contributed by atoms with Crippen LogP contribution in [0, 0.1) is 5.82 Å². The Bertz CT molecular complexity index is 980. The zero-order valence-electron chi connectivity index (χ0n) is 16.0. The highest BCUT2D eigenvalue weighted by atomic mass is 19.1. The molecule has 3 aromatic rings. The maximum Gasteiger partial charge on any atom is 0.293 e. The number of carbonyl (C=O) groups is 1. The number of hydrogen-bond acceptors (Lipinski definition) is 6. The molecule has 1 aromatic carbocycles. The van der Waals surface area contributed by atoms with E-state index in [1.807, 2.05) is 13.0 Å². The Morgan fingerprint density at radius 1 is 1.17 bits per heavy atom. The molecule has 2 aromatic heterocycles. The van der Waals surface area contributed by atoms with E-state index in [0.717, 1.165) is 5.56 Å². The number of amides is 1. The lowest BCUT2D eigenvalue weighted by molar-refractivity contribution is 0.0219. The fraction of sp³-hybridized carbons (Fsp3) is 0.190. The van der Waals surface area contributed by atoms with Crippen molar-refractivity contribution in [1.82, 2.24) is 15.4 Å². The van der Waals surface area contributed by atoms with Gasteiger partial charge < -0.3 is 9.47 Å². The van der Waals surface area contributed by atoms with E-state index in [2.05, 4.69) is 15.4 Å². The van der Waals surface area contributed by atoms with Crippen molar-refractivity contribution in [3.05, 3.63) is 71.8 Å². The summed E-state index contributed by atoms with van der Waals surface area (Å²) in [5.41, 5.74) is 4.00. The van der Waals surface area contributed by atoms with Crippen LogP contribution >= 0.6 is 0 Å². The van der Waals surface area contributed by atoms with Crippen LogP contribution in [0.15, 0.2) is 54.7 Å². The monoisotopic (exact) mass is 397 g/mol. The smallest absolute Gasteiger partial charge is 0.293 e. The molecule has 0 saturated carbocycles. The van der Waals surface area contributed by atoms with E-state index in [1.54, 1.807) is 30.5 Å². The van der Waals surface area contributed by atoms with Crippen LogP contribution in [0.2, 0.25) is 0 Å². The second-order valence-corrected chi connectivity index (χ2v) is 5.90. The third-order valence-corrected chi connectivity index (χ3v) is 3.95. The molecular weight excluding hydrogens is 377 g/mol. The maximum atomic E-state index is 13.8. The molecule has 1 amide bonds. The average Bonchev–Trinajstić information content (AvgIpc) is 2.76. The molecule has 0 aliphatic heterocycles. The van der Waals surface area contributed by atoms with Gasteiger partial charge in [-0.15, -0.1) is 0 Å². The van der Waals surface area contributed by atoms with Gasteiger partial charge in [0.25, 0.3) is 5.91 Å². The van der Waals surface area contributed by atoms with Crippen LogP contribution in [-0.2, 0) is 11.4 Å². The quantitative estimate of drug-likeness (QED) is 0.586. The number of halogens is 1. The van der Waals surface area contributed by atoms with Crippen LogP contribution in [0.1, 0.15) is 23.0 Å². The van der Waals surface area contributed by atoms with E-state index in [1.165, 1.54) is 25.3 Å². The van der Waals surface area contributed by atoms with Crippen LogP contribution in [0.4, 0.5) is 4.39 Å². The first-order valence-corrected chi connectivity index (χ1v) is 8.91. The Labute approximate surface area is 167 Å². The van der Waals surface area contributed by atoms with Gasteiger partial charge in [-0.3, -0.25) is 9.63 Å². The van der Waals surface area contributed by atoms with Crippen molar-refractivity contribution in [1.29, 1.82) is 0 Å². The second-order valence-electron chi connectivity index (χ2n) is 5.90. The standard InChI is InChI=1S/C21H20FN3O4/c1-3-28-20-10-7-14(12-23-20)18-5-4-6-19(24-18)21(26)25-29-13-15-11-16(27-2)8-9-17(15)22/h4-12H,3,13H2,1-2H3,(H,25,26). The number of pyridine rings is 2. The molecule has 0 aliphatic carbocycles. The van der Waals surface area contributed by atoms with Gasteiger partial charge in [0.05, 0.1) is 19.4 Å². The summed E-state index contributed by atoms with van der Waals surface area (Å²) >= 11 is 0. The summed E-state index contributed by atoms with van der Waals surface area (Å²) in [6, 6.07) is 12.8. The Hall–Kier alpha value is -3.52. The summed E-state index contributed by atoms with van der Waals surface area (Å²) in [6.07, 6.45) is 1.62. The van der Waals surface area contributed by atoms with Gasteiger partial charge in [0.2, 0.25) is 5.88 Å². The fourth-order valence-electron chi connectivity index (χ4n) is 2.51. The molecule has 2 heterocycles. The molecule has 0 spiro atoms. The molecule has 0 atom stereocenters. The summed E-state index contributed by atoms with van der Waals surface area (Å²) < 4.78 is 24.2. The van der Waals surface area contributed by atoms with Gasteiger partial charge in [-0.2, -0.15) is 0 Å². The Kier molecular flexibility index (Phi) is 6.70. The van der Waals surface area contributed by atoms with Crippen LogP contribution in [0.25, 0.3) is 11.3 Å². The van der Waals surface area contributed by atoms with Crippen molar-refractivity contribution in [3.63, 3.8) is 0 Å². The van der Waals surface area contributed by atoms with Crippen molar-refractivity contribution in [2.24, 2.45) is 0 Å².